The van der Waals surface area contributed by atoms with Crippen LogP contribution in [0.5, 0.6) is 0 Å². The Labute approximate surface area is 134 Å². The normalized spacial score (nSPS) is 28.5. The third-order valence-corrected chi connectivity index (χ3v) is 4.79. The summed E-state index contributed by atoms with van der Waals surface area (Å²) in [5.41, 5.74) is 1.40. The van der Waals surface area contributed by atoms with Crippen LogP contribution in [0, 0.1) is 0 Å². The standard InChI is InChI=1S/C14H20N2O.C4H9N/c1-2-4-12(5-3-1)10-16-8-7-15-13-6-9-17-11-14(13)16;1-2-4-5-3-1/h1-5,13-15H,6-11H2;5H,1-4H2/t13?,14-;/m1./s1. The molecular weight excluding hydrogens is 274 g/mol. The van der Waals surface area contributed by atoms with Gasteiger partial charge in [-0.1, -0.05) is 30.3 Å². The Balaban J connectivity index is 0.000000246. The average Bonchev–Trinajstić information content (AvgIpc) is 3.16. The van der Waals surface area contributed by atoms with Gasteiger partial charge in [0.25, 0.3) is 0 Å². The number of piperazine rings is 1. The quantitative estimate of drug-likeness (QED) is 0.870. The van der Waals surface area contributed by atoms with Gasteiger partial charge >= 0.3 is 0 Å². The fourth-order valence-corrected chi connectivity index (χ4v) is 3.52. The monoisotopic (exact) mass is 303 g/mol. The van der Waals surface area contributed by atoms with E-state index in [1.807, 2.05) is 0 Å². The molecule has 0 aromatic heterocycles. The molecule has 4 rings (SSSR count). The number of fused-ring (bicyclic) bond motifs is 1. The van der Waals surface area contributed by atoms with Gasteiger partial charge in [0.15, 0.2) is 0 Å². The van der Waals surface area contributed by atoms with E-state index in [2.05, 4.69) is 45.9 Å². The van der Waals surface area contributed by atoms with Crippen molar-refractivity contribution < 1.29 is 4.74 Å². The second-order valence-electron chi connectivity index (χ2n) is 6.40. The number of nitrogens with zero attached hydrogens (tertiary/aromatic N) is 1. The molecule has 4 nitrogen and oxygen atoms in total. The predicted octanol–water partition coefficient (Wildman–Crippen LogP) is 1.62. The predicted molar refractivity (Wildman–Crippen MR) is 90.0 cm³/mol. The first-order chi connectivity index (χ1) is 10.9. The minimum atomic E-state index is 0.553. The summed E-state index contributed by atoms with van der Waals surface area (Å²) in [6.07, 6.45) is 3.93. The molecule has 0 bridgehead atoms. The number of nitrogens with one attached hydrogen (secondary N) is 2. The summed E-state index contributed by atoms with van der Waals surface area (Å²) in [4.78, 5) is 2.57. The van der Waals surface area contributed by atoms with Crippen LogP contribution in [-0.4, -0.2) is 56.4 Å². The smallest absolute Gasteiger partial charge is 0.0637 e. The van der Waals surface area contributed by atoms with Gasteiger partial charge < -0.3 is 15.4 Å². The van der Waals surface area contributed by atoms with Crippen LogP contribution >= 0.6 is 0 Å². The topological polar surface area (TPSA) is 36.5 Å². The Morgan fingerprint density at radius 2 is 1.91 bits per heavy atom. The third kappa shape index (κ3) is 4.53. The molecule has 3 aliphatic rings. The van der Waals surface area contributed by atoms with Crippen molar-refractivity contribution in [1.29, 1.82) is 0 Å². The summed E-state index contributed by atoms with van der Waals surface area (Å²) in [6.45, 7) is 7.57. The zero-order chi connectivity index (χ0) is 15.0. The number of ether oxygens (including phenoxy) is 1. The van der Waals surface area contributed by atoms with Crippen molar-refractivity contribution in [2.24, 2.45) is 0 Å². The Hall–Kier alpha value is -0.940. The van der Waals surface area contributed by atoms with Crippen LogP contribution in [0.15, 0.2) is 30.3 Å². The Morgan fingerprint density at radius 1 is 1.09 bits per heavy atom. The minimum Gasteiger partial charge on any atom is -0.380 e. The Morgan fingerprint density at radius 3 is 2.64 bits per heavy atom. The molecule has 1 aromatic carbocycles. The highest BCUT2D eigenvalue weighted by molar-refractivity contribution is 5.15. The second kappa shape index (κ2) is 8.63. The van der Waals surface area contributed by atoms with E-state index in [0.29, 0.717) is 12.1 Å². The maximum atomic E-state index is 5.63. The van der Waals surface area contributed by atoms with Crippen LogP contribution < -0.4 is 10.6 Å². The summed E-state index contributed by atoms with van der Waals surface area (Å²) < 4.78 is 5.63. The van der Waals surface area contributed by atoms with Crippen LogP contribution in [0.1, 0.15) is 24.8 Å². The van der Waals surface area contributed by atoms with Crippen molar-refractivity contribution in [2.45, 2.75) is 37.9 Å². The van der Waals surface area contributed by atoms with Crippen LogP contribution in [0.3, 0.4) is 0 Å². The molecule has 3 fully saturated rings. The van der Waals surface area contributed by atoms with E-state index in [0.717, 1.165) is 39.3 Å². The summed E-state index contributed by atoms with van der Waals surface area (Å²) in [5, 5.41) is 6.84. The van der Waals surface area contributed by atoms with Crippen molar-refractivity contribution in [2.75, 3.05) is 39.4 Å². The van der Waals surface area contributed by atoms with E-state index in [4.69, 9.17) is 4.74 Å². The first kappa shape index (κ1) is 15.9. The van der Waals surface area contributed by atoms with Crippen LogP contribution in [-0.2, 0) is 11.3 Å². The molecule has 3 heterocycles. The zero-order valence-corrected chi connectivity index (χ0v) is 13.5. The molecule has 122 valence electrons. The van der Waals surface area contributed by atoms with Gasteiger partial charge in [-0.05, 0) is 37.9 Å². The molecule has 22 heavy (non-hydrogen) atoms. The Bertz CT molecular complexity index is 412. The van der Waals surface area contributed by atoms with E-state index in [1.54, 1.807) is 0 Å². The Kier molecular flexibility index (Phi) is 6.25. The summed E-state index contributed by atoms with van der Waals surface area (Å²) in [6, 6.07) is 11.9. The highest BCUT2D eigenvalue weighted by atomic mass is 16.5. The molecule has 1 aromatic rings. The zero-order valence-electron chi connectivity index (χ0n) is 13.5. The number of benzene rings is 1. The van der Waals surface area contributed by atoms with Crippen molar-refractivity contribution in [1.82, 2.24) is 15.5 Å². The number of hydrogen-bond donors (Lipinski definition) is 2. The average molecular weight is 303 g/mol. The fourth-order valence-electron chi connectivity index (χ4n) is 3.52. The van der Waals surface area contributed by atoms with Gasteiger partial charge in [0.2, 0.25) is 0 Å². The largest absolute Gasteiger partial charge is 0.380 e. The molecule has 1 unspecified atom stereocenters. The summed E-state index contributed by atoms with van der Waals surface area (Å²) in [7, 11) is 0. The van der Waals surface area contributed by atoms with Crippen molar-refractivity contribution >= 4 is 0 Å². The lowest BCUT2D eigenvalue weighted by Gasteiger charge is -2.44. The first-order valence-electron chi connectivity index (χ1n) is 8.73. The highest BCUT2D eigenvalue weighted by Crippen LogP contribution is 2.19. The van der Waals surface area contributed by atoms with Gasteiger partial charge in [0.05, 0.1) is 6.61 Å². The van der Waals surface area contributed by atoms with Crippen molar-refractivity contribution in [3.8, 4) is 0 Å². The molecule has 4 heteroatoms. The number of rotatable bonds is 2. The first-order valence-corrected chi connectivity index (χ1v) is 8.73. The van der Waals surface area contributed by atoms with Crippen molar-refractivity contribution in [3.63, 3.8) is 0 Å². The second-order valence-corrected chi connectivity index (χ2v) is 6.40. The van der Waals surface area contributed by atoms with Crippen molar-refractivity contribution in [3.05, 3.63) is 35.9 Å². The molecule has 0 aliphatic carbocycles. The van der Waals surface area contributed by atoms with Gasteiger partial charge in [-0.2, -0.15) is 0 Å². The molecule has 2 N–H and O–H groups in total. The third-order valence-electron chi connectivity index (χ3n) is 4.79. The van der Waals surface area contributed by atoms with Gasteiger partial charge in [0.1, 0.15) is 0 Å². The molecular formula is C18H29N3O. The highest BCUT2D eigenvalue weighted by Gasteiger charge is 2.33. The minimum absolute atomic E-state index is 0.553. The lowest BCUT2D eigenvalue weighted by molar-refractivity contribution is -0.0225. The van der Waals surface area contributed by atoms with E-state index < -0.39 is 0 Å². The van der Waals surface area contributed by atoms with E-state index in [9.17, 15) is 0 Å². The molecule has 0 amide bonds. The molecule has 0 saturated carbocycles. The molecule has 0 radical (unpaired) electrons. The van der Waals surface area contributed by atoms with Gasteiger partial charge in [-0.3, -0.25) is 4.90 Å². The molecule has 3 aliphatic heterocycles. The maximum absolute atomic E-state index is 5.63. The SMILES string of the molecule is C1CCNC1.c1ccc(CN2CCNC3CCOC[C@H]32)cc1. The lowest BCUT2D eigenvalue weighted by atomic mass is 9.98. The van der Waals surface area contributed by atoms with Crippen LogP contribution in [0.25, 0.3) is 0 Å². The molecule has 2 atom stereocenters. The van der Waals surface area contributed by atoms with E-state index in [1.165, 1.54) is 31.5 Å². The molecule has 3 saturated heterocycles. The van der Waals surface area contributed by atoms with Crippen LogP contribution in [0.4, 0.5) is 0 Å². The summed E-state index contributed by atoms with van der Waals surface area (Å²) in [5.74, 6) is 0. The van der Waals surface area contributed by atoms with Gasteiger partial charge in [0, 0.05) is 38.3 Å². The van der Waals surface area contributed by atoms with Gasteiger partial charge in [-0.15, -0.1) is 0 Å². The number of hydrogen-bond acceptors (Lipinski definition) is 4. The molecule has 0 spiro atoms. The summed E-state index contributed by atoms with van der Waals surface area (Å²) >= 11 is 0. The maximum Gasteiger partial charge on any atom is 0.0637 e. The fraction of sp³-hybridized carbons (Fsp3) is 0.667. The van der Waals surface area contributed by atoms with Gasteiger partial charge in [-0.25, -0.2) is 0 Å². The van der Waals surface area contributed by atoms with E-state index in [-0.39, 0.29) is 0 Å². The lowest BCUT2D eigenvalue weighted by Crippen LogP contribution is -2.61. The van der Waals surface area contributed by atoms with Crippen LogP contribution in [0.2, 0.25) is 0 Å². The van der Waals surface area contributed by atoms with E-state index >= 15 is 0 Å².